The molecule has 1 aromatic heterocycles. The lowest BCUT2D eigenvalue weighted by Crippen LogP contribution is -2.16. The van der Waals surface area contributed by atoms with Gasteiger partial charge in [0.1, 0.15) is 0 Å². The summed E-state index contributed by atoms with van der Waals surface area (Å²) in [6.07, 6.45) is 2.75. The summed E-state index contributed by atoms with van der Waals surface area (Å²) in [5.41, 5.74) is 7.82. The Morgan fingerprint density at radius 2 is 2.19 bits per heavy atom. The zero-order valence-corrected chi connectivity index (χ0v) is 10.4. The molecule has 16 heavy (non-hydrogen) atoms. The van der Waals surface area contributed by atoms with Crippen molar-refractivity contribution >= 4 is 0 Å². The van der Waals surface area contributed by atoms with Crippen LogP contribution < -0.4 is 10.5 Å². The van der Waals surface area contributed by atoms with Crippen LogP contribution in [0.15, 0.2) is 12.3 Å². The fourth-order valence-corrected chi connectivity index (χ4v) is 1.49. The molecule has 0 atom stereocenters. The highest BCUT2D eigenvalue weighted by molar-refractivity contribution is 5.33. The van der Waals surface area contributed by atoms with Gasteiger partial charge in [0.2, 0.25) is 5.88 Å². The maximum atomic E-state index is 5.68. The molecule has 0 fully saturated rings. The van der Waals surface area contributed by atoms with E-state index in [1.165, 1.54) is 0 Å². The summed E-state index contributed by atoms with van der Waals surface area (Å²) < 4.78 is 5.64. The summed E-state index contributed by atoms with van der Waals surface area (Å²) in [6, 6.07) is 1.95. The summed E-state index contributed by atoms with van der Waals surface area (Å²) in [6.45, 7) is 4.20. The van der Waals surface area contributed by atoms with Crippen molar-refractivity contribution in [2.45, 2.75) is 19.9 Å². The lowest BCUT2D eigenvalue weighted by Gasteiger charge is -2.12. The Morgan fingerprint density at radius 1 is 1.44 bits per heavy atom. The molecule has 0 aliphatic rings. The molecular formula is C12H21N3O. The summed E-state index contributed by atoms with van der Waals surface area (Å²) in [5.74, 6) is 0.682. The first-order chi connectivity index (χ1) is 7.65. The average molecular weight is 223 g/mol. The van der Waals surface area contributed by atoms with Crippen molar-refractivity contribution in [1.29, 1.82) is 0 Å². The molecule has 0 saturated heterocycles. The van der Waals surface area contributed by atoms with Gasteiger partial charge in [-0.3, -0.25) is 0 Å². The molecule has 2 N–H and O–H groups in total. The minimum Gasteiger partial charge on any atom is -0.477 e. The molecule has 1 rings (SSSR count). The quantitative estimate of drug-likeness (QED) is 0.736. The molecule has 0 bridgehead atoms. The molecule has 0 aromatic carbocycles. The Balaban J connectivity index is 2.50. The predicted octanol–water partition coefficient (Wildman–Crippen LogP) is 1.18. The summed E-state index contributed by atoms with van der Waals surface area (Å²) in [7, 11) is 4.10. The zero-order valence-electron chi connectivity index (χ0n) is 10.4. The molecule has 0 unspecified atom stereocenters. The van der Waals surface area contributed by atoms with Gasteiger partial charge in [0, 0.05) is 24.8 Å². The van der Waals surface area contributed by atoms with E-state index >= 15 is 0 Å². The highest BCUT2D eigenvalue weighted by atomic mass is 16.5. The third-order valence-corrected chi connectivity index (χ3v) is 2.44. The summed E-state index contributed by atoms with van der Waals surface area (Å²) in [4.78, 5) is 6.35. The van der Waals surface area contributed by atoms with Crippen LogP contribution in [0.5, 0.6) is 5.88 Å². The molecule has 0 amide bonds. The summed E-state index contributed by atoms with van der Waals surface area (Å²) >= 11 is 0. The molecule has 0 aliphatic heterocycles. The number of hydrogen-bond donors (Lipinski definition) is 1. The lowest BCUT2D eigenvalue weighted by atomic mass is 10.1. The van der Waals surface area contributed by atoms with Gasteiger partial charge < -0.3 is 15.4 Å². The topological polar surface area (TPSA) is 51.4 Å². The number of nitrogens with two attached hydrogens (primary N) is 1. The van der Waals surface area contributed by atoms with E-state index < -0.39 is 0 Å². The second-order valence-corrected chi connectivity index (χ2v) is 4.12. The third kappa shape index (κ3) is 3.79. The van der Waals surface area contributed by atoms with Crippen LogP contribution in [0.3, 0.4) is 0 Å². The first kappa shape index (κ1) is 12.9. The van der Waals surface area contributed by atoms with E-state index in [0.29, 0.717) is 19.0 Å². The SMILES string of the molecule is Cc1ccnc(OCCCN(C)C)c1CN. The first-order valence-corrected chi connectivity index (χ1v) is 5.57. The highest BCUT2D eigenvalue weighted by Crippen LogP contribution is 2.18. The largest absolute Gasteiger partial charge is 0.477 e. The van der Waals surface area contributed by atoms with E-state index in [2.05, 4.69) is 24.0 Å². The Kier molecular flexibility index (Phi) is 5.22. The molecule has 0 spiro atoms. The van der Waals surface area contributed by atoms with Crippen molar-refractivity contribution in [2.75, 3.05) is 27.2 Å². The molecule has 4 heteroatoms. The Labute approximate surface area is 97.4 Å². The molecule has 0 aliphatic carbocycles. The number of aryl methyl sites for hydroxylation is 1. The Hall–Kier alpha value is -1.13. The number of pyridine rings is 1. The average Bonchev–Trinajstić information content (AvgIpc) is 2.24. The highest BCUT2D eigenvalue weighted by Gasteiger charge is 2.06. The van der Waals surface area contributed by atoms with Crippen LogP contribution in [0, 0.1) is 6.92 Å². The number of aromatic nitrogens is 1. The van der Waals surface area contributed by atoms with Crippen LogP contribution in [0.1, 0.15) is 17.5 Å². The molecule has 1 heterocycles. The van der Waals surface area contributed by atoms with Gasteiger partial charge >= 0.3 is 0 Å². The zero-order chi connectivity index (χ0) is 12.0. The number of hydrogen-bond acceptors (Lipinski definition) is 4. The number of ether oxygens (including phenoxy) is 1. The van der Waals surface area contributed by atoms with E-state index in [-0.39, 0.29) is 0 Å². The number of nitrogens with zero attached hydrogens (tertiary/aromatic N) is 2. The maximum absolute atomic E-state index is 5.68. The van der Waals surface area contributed by atoms with E-state index in [0.717, 1.165) is 24.1 Å². The smallest absolute Gasteiger partial charge is 0.218 e. The monoisotopic (exact) mass is 223 g/mol. The van der Waals surface area contributed by atoms with Crippen LogP contribution in [0.2, 0.25) is 0 Å². The summed E-state index contributed by atoms with van der Waals surface area (Å²) in [5, 5.41) is 0. The molecule has 90 valence electrons. The van der Waals surface area contributed by atoms with Crippen molar-refractivity contribution in [1.82, 2.24) is 9.88 Å². The molecule has 4 nitrogen and oxygen atoms in total. The van der Waals surface area contributed by atoms with Gasteiger partial charge in [0.25, 0.3) is 0 Å². The van der Waals surface area contributed by atoms with E-state index in [1.807, 2.05) is 13.0 Å². The van der Waals surface area contributed by atoms with Crippen LogP contribution in [-0.4, -0.2) is 37.1 Å². The van der Waals surface area contributed by atoms with Gasteiger partial charge in [-0.1, -0.05) is 0 Å². The van der Waals surface area contributed by atoms with Crippen LogP contribution in [-0.2, 0) is 6.54 Å². The third-order valence-electron chi connectivity index (χ3n) is 2.44. The standard InChI is InChI=1S/C12H21N3O/c1-10-5-6-14-12(11(10)9-13)16-8-4-7-15(2)3/h5-6H,4,7-9,13H2,1-3H3. The molecule has 0 radical (unpaired) electrons. The van der Waals surface area contributed by atoms with E-state index in [4.69, 9.17) is 10.5 Å². The molecular weight excluding hydrogens is 202 g/mol. The normalized spacial score (nSPS) is 10.8. The maximum Gasteiger partial charge on any atom is 0.218 e. The van der Waals surface area contributed by atoms with Crippen molar-refractivity contribution in [3.05, 3.63) is 23.4 Å². The van der Waals surface area contributed by atoms with E-state index in [9.17, 15) is 0 Å². The van der Waals surface area contributed by atoms with Gasteiger partial charge in [-0.25, -0.2) is 4.98 Å². The van der Waals surface area contributed by atoms with Gasteiger partial charge in [0.15, 0.2) is 0 Å². The minimum atomic E-state index is 0.475. The van der Waals surface area contributed by atoms with Crippen molar-refractivity contribution in [2.24, 2.45) is 5.73 Å². The van der Waals surface area contributed by atoms with Gasteiger partial charge in [-0.15, -0.1) is 0 Å². The fourth-order valence-electron chi connectivity index (χ4n) is 1.49. The van der Waals surface area contributed by atoms with Crippen molar-refractivity contribution in [3.63, 3.8) is 0 Å². The first-order valence-electron chi connectivity index (χ1n) is 5.57. The molecule has 1 aromatic rings. The second kappa shape index (κ2) is 6.45. The Morgan fingerprint density at radius 3 is 2.81 bits per heavy atom. The lowest BCUT2D eigenvalue weighted by molar-refractivity contribution is 0.270. The van der Waals surface area contributed by atoms with Crippen molar-refractivity contribution < 1.29 is 4.74 Å². The predicted molar refractivity (Wildman–Crippen MR) is 65.5 cm³/mol. The van der Waals surface area contributed by atoms with Crippen LogP contribution in [0.25, 0.3) is 0 Å². The number of rotatable bonds is 6. The van der Waals surface area contributed by atoms with Crippen LogP contribution in [0.4, 0.5) is 0 Å². The molecule has 0 saturated carbocycles. The van der Waals surface area contributed by atoms with Gasteiger partial charge in [-0.05, 0) is 39.1 Å². The van der Waals surface area contributed by atoms with Gasteiger partial charge in [0.05, 0.1) is 6.61 Å². The minimum absolute atomic E-state index is 0.475. The Bertz CT molecular complexity index is 326. The van der Waals surface area contributed by atoms with Crippen molar-refractivity contribution in [3.8, 4) is 5.88 Å². The van der Waals surface area contributed by atoms with E-state index in [1.54, 1.807) is 6.20 Å². The van der Waals surface area contributed by atoms with Crippen LogP contribution >= 0.6 is 0 Å². The fraction of sp³-hybridized carbons (Fsp3) is 0.583. The van der Waals surface area contributed by atoms with Gasteiger partial charge in [-0.2, -0.15) is 0 Å². The second-order valence-electron chi connectivity index (χ2n) is 4.12.